The van der Waals surface area contributed by atoms with Gasteiger partial charge in [0, 0.05) is 19.0 Å². The number of hydrogen-bond acceptors (Lipinski definition) is 5. The molecule has 2 aromatic carbocycles. The van der Waals surface area contributed by atoms with Gasteiger partial charge in [0.15, 0.2) is 0 Å². The number of fused-ring (bicyclic) bond motifs is 3. The second-order valence-corrected chi connectivity index (χ2v) is 9.63. The molecular weight excluding hydrogens is 446 g/mol. The first kappa shape index (κ1) is 26.2. The molecule has 0 saturated heterocycles. The largest absolute Gasteiger partial charge is 0.481 e. The van der Waals surface area contributed by atoms with Crippen molar-refractivity contribution in [2.45, 2.75) is 32.2 Å². The van der Waals surface area contributed by atoms with Gasteiger partial charge in [-0.2, -0.15) is 0 Å². The molecule has 2 amide bonds. The summed E-state index contributed by atoms with van der Waals surface area (Å²) < 4.78 is 5.59. The molecule has 1 aliphatic rings. The topological polar surface area (TPSA) is 108 Å². The number of carboxylic acid groups (broad SMARTS) is 1. The number of likely N-dealkylation sites (N-methyl/N-ethyl adjacent to an activating group) is 1. The van der Waals surface area contributed by atoms with Gasteiger partial charge in [0.2, 0.25) is 5.91 Å². The van der Waals surface area contributed by atoms with Crippen molar-refractivity contribution in [2.24, 2.45) is 11.8 Å². The number of nitrogens with zero attached hydrogens (tertiary/aromatic N) is 1. The van der Waals surface area contributed by atoms with Gasteiger partial charge in [-0.25, -0.2) is 4.79 Å². The lowest BCUT2D eigenvalue weighted by Gasteiger charge is -2.24. The quantitative estimate of drug-likeness (QED) is 0.454. The normalized spacial score (nSPS) is 14.2. The Hall–Kier alpha value is -3.39. The van der Waals surface area contributed by atoms with Crippen LogP contribution in [0, 0.1) is 11.8 Å². The highest BCUT2D eigenvalue weighted by Gasteiger charge is 2.30. The van der Waals surface area contributed by atoms with Crippen LogP contribution in [0.1, 0.15) is 37.3 Å². The average Bonchev–Trinajstić information content (AvgIpc) is 3.13. The number of aliphatic carboxylic acids is 1. The summed E-state index contributed by atoms with van der Waals surface area (Å²) >= 11 is 0. The molecular formula is C27H35N3O5. The van der Waals surface area contributed by atoms with E-state index in [2.05, 4.69) is 22.8 Å². The zero-order valence-corrected chi connectivity index (χ0v) is 20.8. The maximum atomic E-state index is 12.9. The molecule has 3 rings (SSSR count). The molecule has 3 N–H and O–H groups in total. The van der Waals surface area contributed by atoms with Gasteiger partial charge in [-0.15, -0.1) is 0 Å². The first-order valence-electron chi connectivity index (χ1n) is 11.9. The van der Waals surface area contributed by atoms with E-state index < -0.39 is 18.1 Å². The molecule has 0 aliphatic heterocycles. The van der Waals surface area contributed by atoms with Crippen molar-refractivity contribution in [1.29, 1.82) is 0 Å². The monoisotopic (exact) mass is 481 g/mol. The van der Waals surface area contributed by atoms with Gasteiger partial charge in [-0.1, -0.05) is 62.4 Å². The summed E-state index contributed by atoms with van der Waals surface area (Å²) in [6, 6.07) is 15.3. The zero-order valence-electron chi connectivity index (χ0n) is 20.8. The lowest BCUT2D eigenvalue weighted by molar-refractivity contribution is -0.138. The molecule has 2 atom stereocenters. The summed E-state index contributed by atoms with van der Waals surface area (Å²) in [6.45, 7) is 4.50. The van der Waals surface area contributed by atoms with Gasteiger partial charge in [0.1, 0.15) is 12.6 Å². The summed E-state index contributed by atoms with van der Waals surface area (Å²) in [5.41, 5.74) is 4.51. The number of carbonyl (C=O) groups excluding carboxylic acids is 2. The van der Waals surface area contributed by atoms with Crippen LogP contribution in [0.15, 0.2) is 48.5 Å². The molecule has 2 aromatic rings. The fourth-order valence-corrected chi connectivity index (χ4v) is 4.46. The van der Waals surface area contributed by atoms with Gasteiger partial charge in [0.05, 0.1) is 6.42 Å². The summed E-state index contributed by atoms with van der Waals surface area (Å²) in [5.74, 6) is -1.46. The highest BCUT2D eigenvalue weighted by atomic mass is 16.5. The molecule has 1 aliphatic carbocycles. The van der Waals surface area contributed by atoms with Gasteiger partial charge in [-0.3, -0.25) is 9.59 Å². The summed E-state index contributed by atoms with van der Waals surface area (Å²) in [7, 11) is 3.61. The maximum absolute atomic E-state index is 12.9. The van der Waals surface area contributed by atoms with Crippen LogP contribution in [0.3, 0.4) is 0 Å². The molecule has 0 spiro atoms. The number of hydrogen-bond donors (Lipinski definition) is 3. The van der Waals surface area contributed by atoms with E-state index in [1.165, 1.54) is 0 Å². The van der Waals surface area contributed by atoms with Crippen LogP contribution in [-0.2, 0) is 14.3 Å². The van der Waals surface area contributed by atoms with Gasteiger partial charge < -0.3 is 25.4 Å². The maximum Gasteiger partial charge on any atom is 0.407 e. The van der Waals surface area contributed by atoms with E-state index >= 15 is 0 Å². The molecule has 35 heavy (non-hydrogen) atoms. The van der Waals surface area contributed by atoms with E-state index in [-0.39, 0.29) is 49.8 Å². The standard InChI is InChI=1S/C27H35N3O5/c1-17(2)18(13-25(31)32)14-28-26(33)24(15-30(3)4)29-27(34)35-16-23-21-11-7-5-9-19(21)20-10-6-8-12-22(20)23/h5-12,17-18,23-24H,13-16H2,1-4H3,(H,28,33)(H,29,34)(H,31,32). The number of carbonyl (C=O) groups is 3. The van der Waals surface area contributed by atoms with Crippen molar-refractivity contribution in [2.75, 3.05) is 33.8 Å². The molecule has 8 nitrogen and oxygen atoms in total. The first-order valence-corrected chi connectivity index (χ1v) is 11.9. The number of nitrogens with one attached hydrogen (secondary N) is 2. The Morgan fingerprint density at radius 3 is 2.09 bits per heavy atom. The molecule has 0 saturated carbocycles. The van der Waals surface area contributed by atoms with Crippen LogP contribution in [-0.4, -0.2) is 67.8 Å². The van der Waals surface area contributed by atoms with Crippen LogP contribution >= 0.6 is 0 Å². The van der Waals surface area contributed by atoms with E-state index in [9.17, 15) is 14.4 Å². The van der Waals surface area contributed by atoms with E-state index in [0.717, 1.165) is 22.3 Å². The van der Waals surface area contributed by atoms with Crippen LogP contribution in [0.2, 0.25) is 0 Å². The van der Waals surface area contributed by atoms with E-state index in [4.69, 9.17) is 9.84 Å². The molecule has 0 radical (unpaired) electrons. The van der Waals surface area contributed by atoms with E-state index in [1.807, 2.05) is 50.2 Å². The Bertz CT molecular complexity index is 1010. The molecule has 188 valence electrons. The van der Waals surface area contributed by atoms with E-state index in [1.54, 1.807) is 19.0 Å². The number of ether oxygens (including phenoxy) is 1. The van der Waals surface area contributed by atoms with Crippen molar-refractivity contribution in [3.8, 4) is 11.1 Å². The van der Waals surface area contributed by atoms with Crippen molar-refractivity contribution in [1.82, 2.24) is 15.5 Å². The minimum Gasteiger partial charge on any atom is -0.481 e. The summed E-state index contributed by atoms with van der Waals surface area (Å²) in [6.07, 6.45) is -0.698. The van der Waals surface area contributed by atoms with Gasteiger partial charge in [-0.05, 0) is 48.2 Å². The molecule has 0 bridgehead atoms. The Kier molecular flexibility index (Phi) is 8.87. The average molecular weight is 482 g/mol. The molecule has 0 aromatic heterocycles. The third kappa shape index (κ3) is 6.82. The lowest BCUT2D eigenvalue weighted by atomic mass is 9.92. The lowest BCUT2D eigenvalue weighted by Crippen LogP contribution is -2.52. The van der Waals surface area contributed by atoms with Crippen molar-refractivity contribution in [3.63, 3.8) is 0 Å². The second kappa shape index (κ2) is 11.8. The second-order valence-electron chi connectivity index (χ2n) is 9.63. The number of rotatable bonds is 11. The first-order chi connectivity index (χ1) is 16.7. The third-order valence-corrected chi connectivity index (χ3v) is 6.42. The van der Waals surface area contributed by atoms with Gasteiger partial charge >= 0.3 is 12.1 Å². The van der Waals surface area contributed by atoms with Crippen LogP contribution < -0.4 is 10.6 Å². The Labute approximate surface area is 206 Å². The minimum absolute atomic E-state index is 0.0316. The molecule has 8 heteroatoms. The molecule has 2 unspecified atom stereocenters. The predicted molar refractivity (Wildman–Crippen MR) is 134 cm³/mol. The highest BCUT2D eigenvalue weighted by molar-refractivity contribution is 5.86. The van der Waals surface area contributed by atoms with Crippen LogP contribution in [0.5, 0.6) is 0 Å². The Morgan fingerprint density at radius 2 is 1.57 bits per heavy atom. The third-order valence-electron chi connectivity index (χ3n) is 6.42. The molecule has 0 fully saturated rings. The minimum atomic E-state index is -0.903. The highest BCUT2D eigenvalue weighted by Crippen LogP contribution is 2.44. The zero-order chi connectivity index (χ0) is 25.5. The van der Waals surface area contributed by atoms with Crippen LogP contribution in [0.4, 0.5) is 4.79 Å². The Morgan fingerprint density at radius 1 is 1.00 bits per heavy atom. The number of benzene rings is 2. The van der Waals surface area contributed by atoms with Gasteiger partial charge in [0.25, 0.3) is 0 Å². The van der Waals surface area contributed by atoms with Crippen LogP contribution in [0.25, 0.3) is 11.1 Å². The predicted octanol–water partition coefficient (Wildman–Crippen LogP) is 3.32. The Balaban J connectivity index is 1.62. The fourth-order valence-electron chi connectivity index (χ4n) is 4.46. The smallest absolute Gasteiger partial charge is 0.407 e. The summed E-state index contributed by atoms with van der Waals surface area (Å²) in [5, 5.41) is 14.6. The van der Waals surface area contributed by atoms with Crippen molar-refractivity contribution >= 4 is 18.0 Å². The molecule has 0 heterocycles. The summed E-state index contributed by atoms with van der Waals surface area (Å²) in [4.78, 5) is 38.5. The number of carboxylic acids is 1. The van der Waals surface area contributed by atoms with Crippen molar-refractivity contribution in [3.05, 3.63) is 59.7 Å². The SMILES string of the molecule is CC(C)C(CNC(=O)C(CN(C)C)NC(=O)OCC1c2ccccc2-c2ccccc21)CC(=O)O. The fraction of sp³-hybridized carbons (Fsp3) is 0.444. The number of alkyl carbamates (subject to hydrolysis) is 1. The van der Waals surface area contributed by atoms with Crippen molar-refractivity contribution < 1.29 is 24.2 Å². The van der Waals surface area contributed by atoms with E-state index in [0.29, 0.717) is 0 Å². The number of amides is 2.